The number of nitrogens with one attached hydrogen (secondary N) is 1. The summed E-state index contributed by atoms with van der Waals surface area (Å²) in [6, 6.07) is 7.27. The second-order valence-corrected chi connectivity index (χ2v) is 6.31. The van der Waals surface area contributed by atoms with Gasteiger partial charge in [0.25, 0.3) is 0 Å². The molecule has 0 saturated heterocycles. The quantitative estimate of drug-likeness (QED) is 0.511. The molecule has 3 rings (SSSR count). The zero-order valence-electron chi connectivity index (χ0n) is 13.5. The van der Waals surface area contributed by atoms with E-state index in [0.29, 0.717) is 31.3 Å². The van der Waals surface area contributed by atoms with Gasteiger partial charge in [-0.15, -0.1) is 0 Å². The molecule has 0 saturated carbocycles. The number of carbonyl (C=O) groups excluding carboxylic acids is 1. The number of ether oxygens (including phenoxy) is 2. The molecule has 5 N–H and O–H groups in total. The van der Waals surface area contributed by atoms with E-state index in [4.69, 9.17) is 20.9 Å². The van der Waals surface area contributed by atoms with Crippen molar-refractivity contribution in [1.82, 2.24) is 15.3 Å². The fourth-order valence-corrected chi connectivity index (χ4v) is 3.00. The first-order valence-corrected chi connectivity index (χ1v) is 8.77. The van der Waals surface area contributed by atoms with Crippen LogP contribution in [-0.4, -0.2) is 41.4 Å². The van der Waals surface area contributed by atoms with Gasteiger partial charge in [0.05, 0.1) is 5.75 Å². The number of hydrogen-bond acceptors (Lipinski definition) is 8. The van der Waals surface area contributed by atoms with Crippen molar-refractivity contribution in [2.45, 2.75) is 11.6 Å². The van der Waals surface area contributed by atoms with Gasteiger partial charge < -0.3 is 26.3 Å². The average molecular weight is 361 g/mol. The number of rotatable bonds is 6. The minimum absolute atomic E-state index is 0.105. The van der Waals surface area contributed by atoms with E-state index in [2.05, 4.69) is 15.3 Å². The summed E-state index contributed by atoms with van der Waals surface area (Å²) in [6.07, 6.45) is 0.703. The third-order valence-electron chi connectivity index (χ3n) is 3.42. The number of nitrogens with zero attached hydrogens (tertiary/aromatic N) is 2. The largest absolute Gasteiger partial charge is 0.486 e. The molecule has 9 heteroatoms. The topological polar surface area (TPSA) is 125 Å². The van der Waals surface area contributed by atoms with E-state index in [1.165, 1.54) is 17.8 Å². The molecule has 1 amide bonds. The summed E-state index contributed by atoms with van der Waals surface area (Å²) in [7, 11) is 0. The van der Waals surface area contributed by atoms with Gasteiger partial charge in [-0.25, -0.2) is 9.97 Å². The normalized spacial score (nSPS) is 12.6. The molecule has 25 heavy (non-hydrogen) atoms. The molecule has 132 valence electrons. The van der Waals surface area contributed by atoms with Crippen LogP contribution in [0.15, 0.2) is 29.4 Å². The second kappa shape index (κ2) is 7.93. The Bertz CT molecular complexity index is 751. The molecule has 8 nitrogen and oxygen atoms in total. The molecule has 0 radical (unpaired) electrons. The van der Waals surface area contributed by atoms with Gasteiger partial charge in [-0.2, -0.15) is 0 Å². The lowest BCUT2D eigenvalue weighted by Gasteiger charge is -2.18. The molecule has 0 atom stereocenters. The third-order valence-corrected chi connectivity index (χ3v) is 4.27. The van der Waals surface area contributed by atoms with Crippen molar-refractivity contribution < 1.29 is 14.3 Å². The lowest BCUT2D eigenvalue weighted by Crippen LogP contribution is -2.27. The first kappa shape index (κ1) is 17.2. The number of hydrogen-bond donors (Lipinski definition) is 3. The molecular weight excluding hydrogens is 342 g/mol. The van der Waals surface area contributed by atoms with Crippen LogP contribution in [0.1, 0.15) is 5.56 Å². The number of carbonyl (C=O) groups is 1. The van der Waals surface area contributed by atoms with Gasteiger partial charge in [-0.3, -0.25) is 4.79 Å². The Hall–Kier alpha value is -2.68. The molecule has 1 aromatic heterocycles. The van der Waals surface area contributed by atoms with E-state index < -0.39 is 0 Å². The molecule has 0 aliphatic carbocycles. The van der Waals surface area contributed by atoms with Gasteiger partial charge in [-0.1, -0.05) is 17.8 Å². The van der Waals surface area contributed by atoms with E-state index in [1.807, 2.05) is 18.2 Å². The molecule has 1 aliphatic rings. The van der Waals surface area contributed by atoms with Crippen molar-refractivity contribution in [1.29, 1.82) is 0 Å². The number of amides is 1. The van der Waals surface area contributed by atoms with Gasteiger partial charge in [0.2, 0.25) is 5.91 Å². The maximum absolute atomic E-state index is 11.9. The SMILES string of the molecule is Nc1cc(N)nc(SCC(=O)NCCc2ccc3c(c2)OCCO3)n1. The van der Waals surface area contributed by atoms with Crippen LogP contribution in [0.3, 0.4) is 0 Å². The highest BCUT2D eigenvalue weighted by molar-refractivity contribution is 7.99. The Morgan fingerprint density at radius 1 is 1.12 bits per heavy atom. The van der Waals surface area contributed by atoms with Gasteiger partial charge in [0.1, 0.15) is 24.8 Å². The summed E-state index contributed by atoms with van der Waals surface area (Å²) in [6.45, 7) is 1.66. The number of benzene rings is 1. The Balaban J connectivity index is 1.43. The minimum Gasteiger partial charge on any atom is -0.486 e. The Morgan fingerprint density at radius 2 is 1.84 bits per heavy atom. The van der Waals surface area contributed by atoms with Gasteiger partial charge in [0, 0.05) is 12.6 Å². The first-order valence-electron chi connectivity index (χ1n) is 7.78. The maximum atomic E-state index is 11.9. The van der Waals surface area contributed by atoms with Crippen LogP contribution in [0, 0.1) is 0 Å². The smallest absolute Gasteiger partial charge is 0.230 e. The number of nitrogen functional groups attached to an aromatic ring is 2. The summed E-state index contributed by atoms with van der Waals surface area (Å²) in [5.41, 5.74) is 12.3. The second-order valence-electron chi connectivity index (χ2n) is 5.37. The van der Waals surface area contributed by atoms with Crippen molar-refractivity contribution in [2.75, 3.05) is 37.0 Å². The number of thioether (sulfide) groups is 1. The van der Waals surface area contributed by atoms with Crippen molar-refractivity contribution in [3.05, 3.63) is 29.8 Å². The van der Waals surface area contributed by atoms with E-state index in [9.17, 15) is 4.79 Å². The van der Waals surface area contributed by atoms with Crippen molar-refractivity contribution in [2.24, 2.45) is 0 Å². The summed E-state index contributed by atoms with van der Waals surface area (Å²) < 4.78 is 11.0. The maximum Gasteiger partial charge on any atom is 0.230 e. The van der Waals surface area contributed by atoms with Crippen LogP contribution in [0.4, 0.5) is 11.6 Å². The summed E-state index contributed by atoms with van der Waals surface area (Å²) in [5, 5.41) is 3.25. The number of anilines is 2. The highest BCUT2D eigenvalue weighted by Crippen LogP contribution is 2.30. The molecule has 1 aromatic carbocycles. The zero-order chi connectivity index (χ0) is 17.6. The lowest BCUT2D eigenvalue weighted by molar-refractivity contribution is -0.118. The highest BCUT2D eigenvalue weighted by atomic mass is 32.2. The van der Waals surface area contributed by atoms with Crippen LogP contribution >= 0.6 is 11.8 Å². The number of nitrogens with two attached hydrogens (primary N) is 2. The summed E-state index contributed by atoms with van der Waals surface area (Å²) >= 11 is 1.19. The molecule has 0 bridgehead atoms. The molecule has 2 aromatic rings. The lowest BCUT2D eigenvalue weighted by atomic mass is 10.1. The van der Waals surface area contributed by atoms with Crippen LogP contribution in [0.25, 0.3) is 0 Å². The molecule has 0 unspecified atom stereocenters. The van der Waals surface area contributed by atoms with Crippen LogP contribution < -0.4 is 26.3 Å². The van der Waals surface area contributed by atoms with Gasteiger partial charge in [-0.05, 0) is 24.1 Å². The van der Waals surface area contributed by atoms with E-state index in [0.717, 1.165) is 17.1 Å². The molecule has 2 heterocycles. The summed E-state index contributed by atoms with van der Waals surface area (Å²) in [4.78, 5) is 20.0. The average Bonchev–Trinajstić information content (AvgIpc) is 2.59. The molecule has 1 aliphatic heterocycles. The first-order chi connectivity index (χ1) is 12.1. The monoisotopic (exact) mass is 361 g/mol. The Kier molecular flexibility index (Phi) is 5.44. The standard InChI is InChI=1S/C16H19N5O3S/c17-13-8-14(18)21-16(20-13)25-9-15(22)19-4-3-10-1-2-11-12(7-10)24-6-5-23-11/h1-2,7-8H,3-6,9H2,(H,19,22)(H4,17,18,20,21). The zero-order valence-corrected chi connectivity index (χ0v) is 14.3. The van der Waals surface area contributed by atoms with Gasteiger partial charge in [0.15, 0.2) is 16.7 Å². The summed E-state index contributed by atoms with van der Waals surface area (Å²) in [5.74, 6) is 2.18. The van der Waals surface area contributed by atoms with Crippen molar-refractivity contribution >= 4 is 29.3 Å². The number of fused-ring (bicyclic) bond motifs is 1. The molecular formula is C16H19N5O3S. The Labute approximate surface area is 149 Å². The fourth-order valence-electron chi connectivity index (χ4n) is 2.30. The molecule has 0 spiro atoms. The van der Waals surface area contributed by atoms with Crippen LogP contribution in [0.5, 0.6) is 11.5 Å². The van der Waals surface area contributed by atoms with Crippen molar-refractivity contribution in [3.63, 3.8) is 0 Å². The minimum atomic E-state index is -0.105. The van der Waals surface area contributed by atoms with E-state index in [1.54, 1.807) is 0 Å². The Morgan fingerprint density at radius 3 is 2.60 bits per heavy atom. The van der Waals surface area contributed by atoms with E-state index >= 15 is 0 Å². The third kappa shape index (κ3) is 4.90. The fraction of sp³-hybridized carbons (Fsp3) is 0.312. The van der Waals surface area contributed by atoms with Crippen LogP contribution in [0.2, 0.25) is 0 Å². The highest BCUT2D eigenvalue weighted by Gasteiger charge is 2.12. The van der Waals surface area contributed by atoms with Gasteiger partial charge >= 0.3 is 0 Å². The van der Waals surface area contributed by atoms with E-state index in [-0.39, 0.29) is 23.3 Å². The predicted molar refractivity (Wildman–Crippen MR) is 95.7 cm³/mol. The molecule has 0 fully saturated rings. The number of aromatic nitrogens is 2. The van der Waals surface area contributed by atoms with Crippen LogP contribution in [-0.2, 0) is 11.2 Å². The predicted octanol–water partition coefficient (Wildman–Crippen LogP) is 0.863. The van der Waals surface area contributed by atoms with Crippen molar-refractivity contribution in [3.8, 4) is 11.5 Å².